The van der Waals surface area contributed by atoms with Crippen LogP contribution in [0, 0.1) is 0 Å². The van der Waals surface area contributed by atoms with Gasteiger partial charge in [-0.3, -0.25) is 4.79 Å². The van der Waals surface area contributed by atoms with Crippen LogP contribution >= 0.6 is 11.6 Å². The number of rotatable bonds is 2. The third kappa shape index (κ3) is 2.41. The van der Waals surface area contributed by atoms with E-state index in [0.29, 0.717) is 16.3 Å². The van der Waals surface area contributed by atoms with Crippen molar-refractivity contribution in [2.24, 2.45) is 10.2 Å². The maximum Gasteiger partial charge on any atom is 0.276 e. The minimum absolute atomic E-state index is 0.263. The van der Waals surface area contributed by atoms with Gasteiger partial charge in [-0.25, -0.2) is 0 Å². The molecule has 1 amide bonds. The molecule has 5 nitrogen and oxygen atoms in total. The molecule has 0 radical (unpaired) electrons. The average Bonchev–Trinajstić information content (AvgIpc) is 3.09. The van der Waals surface area contributed by atoms with Crippen molar-refractivity contribution in [3.05, 3.63) is 64.8 Å². The minimum Gasteiger partial charge on any atom is -0.361 e. The van der Waals surface area contributed by atoms with Gasteiger partial charge in [0.2, 0.25) is 0 Å². The second-order valence-corrected chi connectivity index (χ2v) is 5.56. The standard InChI is InChI=1S/C17H11ClN4O/c18-11-5-6-15-13(7-11)16(17(23)21-15)22-20-9-10-8-19-14-4-2-1-3-12(10)14/h1-9,19H,(H,21,22,23)/b20-9+. The van der Waals surface area contributed by atoms with E-state index in [1.54, 1.807) is 24.4 Å². The van der Waals surface area contributed by atoms with Crippen LogP contribution in [0.2, 0.25) is 5.02 Å². The quantitative estimate of drug-likeness (QED) is 0.549. The van der Waals surface area contributed by atoms with E-state index in [2.05, 4.69) is 20.5 Å². The average molecular weight is 323 g/mol. The number of anilines is 1. The van der Waals surface area contributed by atoms with Gasteiger partial charge >= 0.3 is 0 Å². The Morgan fingerprint density at radius 1 is 1.13 bits per heavy atom. The molecule has 0 atom stereocenters. The van der Waals surface area contributed by atoms with Crippen LogP contribution in [0.4, 0.5) is 5.69 Å². The van der Waals surface area contributed by atoms with E-state index in [0.717, 1.165) is 16.5 Å². The maximum atomic E-state index is 12.0. The summed E-state index contributed by atoms with van der Waals surface area (Å²) < 4.78 is 0. The molecular weight excluding hydrogens is 312 g/mol. The number of nitrogens with one attached hydrogen (secondary N) is 2. The number of aromatic nitrogens is 1. The molecule has 1 aromatic heterocycles. The number of hydrogen-bond acceptors (Lipinski definition) is 3. The Morgan fingerprint density at radius 3 is 2.91 bits per heavy atom. The van der Waals surface area contributed by atoms with Crippen LogP contribution in [-0.2, 0) is 4.79 Å². The lowest BCUT2D eigenvalue weighted by atomic mass is 10.1. The number of H-pyrrole nitrogens is 1. The monoisotopic (exact) mass is 322 g/mol. The van der Waals surface area contributed by atoms with Crippen molar-refractivity contribution in [1.29, 1.82) is 0 Å². The molecule has 0 unspecified atom stereocenters. The highest BCUT2D eigenvalue weighted by molar-refractivity contribution is 6.54. The first kappa shape index (κ1) is 13.7. The predicted octanol–water partition coefficient (Wildman–Crippen LogP) is 3.60. The Hall–Kier alpha value is -2.92. The van der Waals surface area contributed by atoms with Crippen molar-refractivity contribution in [3.8, 4) is 0 Å². The Balaban J connectivity index is 1.69. The molecule has 1 aliphatic heterocycles. The van der Waals surface area contributed by atoms with Gasteiger partial charge in [0.15, 0.2) is 5.71 Å². The van der Waals surface area contributed by atoms with E-state index in [9.17, 15) is 4.79 Å². The number of nitrogens with zero attached hydrogens (tertiary/aromatic N) is 2. The SMILES string of the molecule is O=C1Nc2ccc(Cl)cc2/C1=N/N=C/c1c[nH]c2ccccc12. The number of fused-ring (bicyclic) bond motifs is 2. The van der Waals surface area contributed by atoms with Crippen LogP contribution in [0.5, 0.6) is 0 Å². The van der Waals surface area contributed by atoms with Gasteiger partial charge in [-0.1, -0.05) is 29.8 Å². The number of carbonyl (C=O) groups is 1. The molecule has 23 heavy (non-hydrogen) atoms. The van der Waals surface area contributed by atoms with Gasteiger partial charge in [0.25, 0.3) is 5.91 Å². The van der Waals surface area contributed by atoms with Crippen molar-refractivity contribution >= 4 is 46.0 Å². The number of benzene rings is 2. The molecular formula is C17H11ClN4O. The lowest BCUT2D eigenvalue weighted by Crippen LogP contribution is -2.13. The smallest absolute Gasteiger partial charge is 0.276 e. The molecule has 0 fully saturated rings. The molecule has 0 saturated heterocycles. The zero-order valence-electron chi connectivity index (χ0n) is 11.9. The van der Waals surface area contributed by atoms with Crippen LogP contribution in [-0.4, -0.2) is 22.8 Å². The van der Waals surface area contributed by atoms with E-state index in [1.807, 2.05) is 30.5 Å². The van der Waals surface area contributed by atoms with Crippen LogP contribution in [0.25, 0.3) is 10.9 Å². The molecule has 0 saturated carbocycles. The summed E-state index contributed by atoms with van der Waals surface area (Å²) in [4.78, 5) is 15.1. The van der Waals surface area contributed by atoms with Crippen LogP contribution in [0.1, 0.15) is 11.1 Å². The Labute approximate surface area is 136 Å². The molecule has 2 heterocycles. The Bertz CT molecular complexity index is 987. The fourth-order valence-electron chi connectivity index (χ4n) is 2.57. The van der Waals surface area contributed by atoms with Crippen molar-refractivity contribution in [1.82, 2.24) is 4.98 Å². The topological polar surface area (TPSA) is 69.6 Å². The van der Waals surface area contributed by atoms with Gasteiger partial charge in [-0.05, 0) is 24.3 Å². The van der Waals surface area contributed by atoms with Gasteiger partial charge in [0.05, 0.1) is 11.9 Å². The van der Waals surface area contributed by atoms with Gasteiger partial charge < -0.3 is 10.3 Å². The predicted molar refractivity (Wildman–Crippen MR) is 92.5 cm³/mol. The molecule has 2 N–H and O–H groups in total. The second kappa shape index (κ2) is 5.37. The molecule has 3 aromatic rings. The van der Waals surface area contributed by atoms with Crippen LogP contribution in [0.3, 0.4) is 0 Å². The molecule has 2 aromatic carbocycles. The summed E-state index contributed by atoms with van der Waals surface area (Å²) in [5.41, 5.74) is 3.56. The number of hydrogen-bond donors (Lipinski definition) is 2. The first-order chi connectivity index (χ1) is 11.2. The molecule has 4 rings (SSSR count). The first-order valence-electron chi connectivity index (χ1n) is 7.01. The Kier molecular flexibility index (Phi) is 3.20. The summed E-state index contributed by atoms with van der Waals surface area (Å²) in [5, 5.41) is 12.5. The maximum absolute atomic E-state index is 12.0. The third-order valence-electron chi connectivity index (χ3n) is 3.68. The number of para-hydroxylation sites is 1. The van der Waals surface area contributed by atoms with E-state index >= 15 is 0 Å². The normalized spacial score (nSPS) is 15.5. The van der Waals surface area contributed by atoms with Gasteiger partial charge in [-0.15, -0.1) is 5.10 Å². The fourth-order valence-corrected chi connectivity index (χ4v) is 2.75. The van der Waals surface area contributed by atoms with Crippen molar-refractivity contribution in [2.45, 2.75) is 0 Å². The van der Waals surface area contributed by atoms with Crippen molar-refractivity contribution < 1.29 is 4.79 Å². The number of halogens is 1. The van der Waals surface area contributed by atoms with Crippen molar-refractivity contribution in [3.63, 3.8) is 0 Å². The van der Waals surface area contributed by atoms with Gasteiger partial charge in [-0.2, -0.15) is 5.10 Å². The highest BCUT2D eigenvalue weighted by atomic mass is 35.5. The first-order valence-corrected chi connectivity index (χ1v) is 7.38. The lowest BCUT2D eigenvalue weighted by Gasteiger charge is -1.96. The number of aromatic amines is 1. The summed E-state index contributed by atoms with van der Waals surface area (Å²) >= 11 is 5.98. The molecule has 112 valence electrons. The fraction of sp³-hybridized carbons (Fsp3) is 0. The molecule has 1 aliphatic rings. The summed E-state index contributed by atoms with van der Waals surface area (Å²) in [6.45, 7) is 0. The summed E-state index contributed by atoms with van der Waals surface area (Å²) in [5.74, 6) is -0.279. The minimum atomic E-state index is -0.279. The van der Waals surface area contributed by atoms with E-state index in [-0.39, 0.29) is 11.6 Å². The van der Waals surface area contributed by atoms with E-state index in [1.165, 1.54) is 0 Å². The molecule has 0 spiro atoms. The number of amides is 1. The van der Waals surface area contributed by atoms with Gasteiger partial charge in [0, 0.05) is 33.2 Å². The zero-order chi connectivity index (χ0) is 15.8. The molecule has 6 heteroatoms. The summed E-state index contributed by atoms with van der Waals surface area (Å²) in [6, 6.07) is 13.1. The Morgan fingerprint density at radius 2 is 2.00 bits per heavy atom. The summed E-state index contributed by atoms with van der Waals surface area (Å²) in [7, 11) is 0. The van der Waals surface area contributed by atoms with Crippen LogP contribution < -0.4 is 5.32 Å². The lowest BCUT2D eigenvalue weighted by molar-refractivity contribution is -0.110. The third-order valence-corrected chi connectivity index (χ3v) is 3.91. The largest absolute Gasteiger partial charge is 0.361 e. The van der Waals surface area contributed by atoms with Crippen LogP contribution in [0.15, 0.2) is 58.9 Å². The zero-order valence-corrected chi connectivity index (χ0v) is 12.6. The second-order valence-electron chi connectivity index (χ2n) is 5.13. The number of carbonyl (C=O) groups excluding carboxylic acids is 1. The summed E-state index contributed by atoms with van der Waals surface area (Å²) in [6.07, 6.45) is 3.48. The molecule has 0 bridgehead atoms. The van der Waals surface area contributed by atoms with E-state index in [4.69, 9.17) is 11.6 Å². The highest BCUT2D eigenvalue weighted by Crippen LogP contribution is 2.26. The molecule has 0 aliphatic carbocycles. The van der Waals surface area contributed by atoms with E-state index < -0.39 is 0 Å². The highest BCUT2D eigenvalue weighted by Gasteiger charge is 2.26. The van der Waals surface area contributed by atoms with Crippen molar-refractivity contribution in [2.75, 3.05) is 5.32 Å². The van der Waals surface area contributed by atoms with Gasteiger partial charge in [0.1, 0.15) is 0 Å².